The number of carbonyl (C=O) groups is 1. The van der Waals surface area contributed by atoms with Crippen LogP contribution in [0.2, 0.25) is 0 Å². The number of urea groups is 1. The molecule has 1 aromatic carbocycles. The van der Waals surface area contributed by atoms with Crippen LogP contribution in [0.5, 0.6) is 0 Å². The Bertz CT molecular complexity index is 905. The molecular weight excluding hydrogens is 344 g/mol. The third kappa shape index (κ3) is 3.99. The minimum atomic E-state index is -0.124. The van der Waals surface area contributed by atoms with Crippen LogP contribution in [0.4, 0.5) is 4.79 Å². The van der Waals surface area contributed by atoms with Crippen LogP contribution < -0.4 is 5.32 Å². The van der Waals surface area contributed by atoms with Crippen LogP contribution in [0.3, 0.4) is 0 Å². The second kappa shape index (κ2) is 7.61. The van der Waals surface area contributed by atoms with Gasteiger partial charge in [-0.05, 0) is 25.8 Å². The van der Waals surface area contributed by atoms with Gasteiger partial charge < -0.3 is 19.7 Å². The van der Waals surface area contributed by atoms with Gasteiger partial charge in [0.05, 0.1) is 6.54 Å². The predicted molar refractivity (Wildman–Crippen MR) is 98.8 cm³/mol. The van der Waals surface area contributed by atoms with Crippen LogP contribution in [0.15, 0.2) is 41.2 Å². The zero-order valence-electron chi connectivity index (χ0n) is 15.2. The van der Waals surface area contributed by atoms with E-state index in [9.17, 15) is 4.79 Å². The van der Waals surface area contributed by atoms with E-state index in [2.05, 4.69) is 25.4 Å². The number of carbonyl (C=O) groups excluding carboxylic acids is 1. The predicted octanol–water partition coefficient (Wildman–Crippen LogP) is 2.86. The van der Waals surface area contributed by atoms with E-state index >= 15 is 0 Å². The highest BCUT2D eigenvalue weighted by Gasteiger charge is 2.26. The number of aryl methyl sites for hydroxylation is 1. The van der Waals surface area contributed by atoms with Crippen molar-refractivity contribution < 1.29 is 9.32 Å². The van der Waals surface area contributed by atoms with Crippen LogP contribution in [0.1, 0.15) is 36.0 Å². The Balaban J connectivity index is 1.34. The molecule has 0 bridgehead atoms. The van der Waals surface area contributed by atoms with E-state index in [-0.39, 0.29) is 18.5 Å². The van der Waals surface area contributed by atoms with Crippen LogP contribution in [0.25, 0.3) is 11.4 Å². The number of nitrogens with one attached hydrogen (secondary N) is 2. The number of hydrogen-bond acceptors (Lipinski definition) is 5. The Labute approximate surface area is 157 Å². The molecule has 2 aromatic heterocycles. The van der Waals surface area contributed by atoms with E-state index in [4.69, 9.17) is 4.52 Å². The van der Waals surface area contributed by atoms with Crippen LogP contribution >= 0.6 is 0 Å². The number of rotatable bonds is 4. The first-order chi connectivity index (χ1) is 13.2. The van der Waals surface area contributed by atoms with E-state index in [0.717, 1.165) is 36.3 Å². The van der Waals surface area contributed by atoms with Crippen molar-refractivity contribution in [2.75, 3.05) is 13.1 Å². The smallest absolute Gasteiger partial charge is 0.317 e. The summed E-state index contributed by atoms with van der Waals surface area (Å²) < 4.78 is 5.27. The molecule has 0 spiro atoms. The summed E-state index contributed by atoms with van der Waals surface area (Å²) >= 11 is 0. The summed E-state index contributed by atoms with van der Waals surface area (Å²) in [7, 11) is 0. The summed E-state index contributed by atoms with van der Waals surface area (Å²) in [5.41, 5.74) is 2.03. The average molecular weight is 366 g/mol. The molecule has 0 aliphatic carbocycles. The molecule has 1 saturated heterocycles. The number of hydrogen-bond donors (Lipinski definition) is 2. The molecule has 1 atom stereocenters. The SMILES string of the molecule is Cc1cccc(-c2noc(CNC(=O)N3CCC[C@@H](c4ncc[nH]4)C3)n2)c1. The Kier molecular flexibility index (Phi) is 4.86. The number of H-pyrrole nitrogens is 1. The van der Waals surface area contributed by atoms with Crippen molar-refractivity contribution in [1.29, 1.82) is 0 Å². The zero-order valence-corrected chi connectivity index (χ0v) is 15.2. The third-order valence-electron chi connectivity index (χ3n) is 4.75. The summed E-state index contributed by atoms with van der Waals surface area (Å²) in [5, 5.41) is 6.87. The molecule has 27 heavy (non-hydrogen) atoms. The van der Waals surface area contributed by atoms with Crippen LogP contribution in [0, 0.1) is 6.92 Å². The molecule has 8 heteroatoms. The number of likely N-dealkylation sites (tertiary alicyclic amines) is 1. The summed E-state index contributed by atoms with van der Waals surface area (Å²) in [6, 6.07) is 7.77. The maximum absolute atomic E-state index is 12.5. The lowest BCUT2D eigenvalue weighted by molar-refractivity contribution is 0.176. The number of amides is 2. The number of aromatic nitrogens is 4. The fourth-order valence-electron chi connectivity index (χ4n) is 3.38. The van der Waals surface area contributed by atoms with Gasteiger partial charge in [0.25, 0.3) is 0 Å². The first-order valence-electron chi connectivity index (χ1n) is 9.11. The maximum Gasteiger partial charge on any atom is 0.317 e. The molecule has 0 unspecified atom stereocenters. The highest BCUT2D eigenvalue weighted by atomic mass is 16.5. The molecule has 0 saturated carbocycles. The van der Waals surface area contributed by atoms with Gasteiger partial charge >= 0.3 is 6.03 Å². The molecule has 3 heterocycles. The van der Waals surface area contributed by atoms with Gasteiger partial charge in [0.1, 0.15) is 5.82 Å². The molecule has 1 fully saturated rings. The molecule has 2 N–H and O–H groups in total. The number of imidazole rings is 1. The largest absolute Gasteiger partial charge is 0.348 e. The average Bonchev–Trinajstić information content (AvgIpc) is 3.38. The quantitative estimate of drug-likeness (QED) is 0.739. The van der Waals surface area contributed by atoms with Crippen molar-refractivity contribution in [3.05, 3.63) is 53.9 Å². The molecule has 3 aromatic rings. The second-order valence-corrected chi connectivity index (χ2v) is 6.80. The van der Waals surface area contributed by atoms with Crippen molar-refractivity contribution in [3.63, 3.8) is 0 Å². The Hall–Kier alpha value is -3.16. The first-order valence-corrected chi connectivity index (χ1v) is 9.11. The van der Waals surface area contributed by atoms with E-state index in [1.807, 2.05) is 42.3 Å². The van der Waals surface area contributed by atoms with Crippen molar-refractivity contribution in [3.8, 4) is 11.4 Å². The van der Waals surface area contributed by atoms with Gasteiger partial charge in [0, 0.05) is 37.0 Å². The van der Waals surface area contributed by atoms with Crippen LogP contribution in [-0.4, -0.2) is 44.1 Å². The van der Waals surface area contributed by atoms with E-state index in [1.165, 1.54) is 0 Å². The lowest BCUT2D eigenvalue weighted by Gasteiger charge is -2.31. The van der Waals surface area contributed by atoms with Gasteiger partial charge in [-0.3, -0.25) is 0 Å². The second-order valence-electron chi connectivity index (χ2n) is 6.80. The minimum Gasteiger partial charge on any atom is -0.348 e. The fraction of sp³-hybridized carbons (Fsp3) is 0.368. The summed E-state index contributed by atoms with van der Waals surface area (Å²) in [6.45, 7) is 3.61. The Morgan fingerprint density at radius 2 is 2.37 bits per heavy atom. The number of benzene rings is 1. The summed E-state index contributed by atoms with van der Waals surface area (Å²) in [6.07, 6.45) is 5.54. The van der Waals surface area contributed by atoms with Gasteiger partial charge in [-0.15, -0.1) is 0 Å². The lowest BCUT2D eigenvalue weighted by atomic mass is 9.98. The van der Waals surface area contributed by atoms with Crippen molar-refractivity contribution in [2.45, 2.75) is 32.2 Å². The molecule has 8 nitrogen and oxygen atoms in total. The molecule has 0 radical (unpaired) electrons. The van der Waals surface area contributed by atoms with Gasteiger partial charge in [-0.25, -0.2) is 9.78 Å². The highest BCUT2D eigenvalue weighted by Crippen LogP contribution is 2.24. The summed E-state index contributed by atoms with van der Waals surface area (Å²) in [5.74, 6) is 2.10. The molecular formula is C19H22N6O2. The first kappa shape index (κ1) is 17.3. The van der Waals surface area contributed by atoms with Gasteiger partial charge in [-0.2, -0.15) is 4.98 Å². The third-order valence-corrected chi connectivity index (χ3v) is 4.75. The van der Waals surface area contributed by atoms with E-state index in [0.29, 0.717) is 18.3 Å². The van der Waals surface area contributed by atoms with Gasteiger partial charge in [-0.1, -0.05) is 28.9 Å². The van der Waals surface area contributed by atoms with E-state index in [1.54, 1.807) is 6.20 Å². The van der Waals surface area contributed by atoms with Crippen molar-refractivity contribution >= 4 is 6.03 Å². The Morgan fingerprint density at radius 1 is 1.44 bits per heavy atom. The number of nitrogens with zero attached hydrogens (tertiary/aromatic N) is 4. The lowest BCUT2D eigenvalue weighted by Crippen LogP contribution is -2.44. The normalized spacial score (nSPS) is 17.1. The van der Waals surface area contributed by atoms with Crippen LogP contribution in [-0.2, 0) is 6.54 Å². The monoisotopic (exact) mass is 366 g/mol. The molecule has 2 amide bonds. The topological polar surface area (TPSA) is 99.9 Å². The Morgan fingerprint density at radius 3 is 3.19 bits per heavy atom. The molecule has 140 valence electrons. The van der Waals surface area contributed by atoms with Gasteiger partial charge in [0.15, 0.2) is 0 Å². The van der Waals surface area contributed by atoms with Crippen molar-refractivity contribution in [2.24, 2.45) is 0 Å². The molecule has 4 rings (SSSR count). The highest BCUT2D eigenvalue weighted by molar-refractivity contribution is 5.74. The standard InChI is InChI=1S/C19H22N6O2/c1-13-4-2-5-14(10-13)18-23-16(27-24-18)11-22-19(26)25-9-3-6-15(12-25)17-20-7-8-21-17/h2,4-5,7-8,10,15H,3,6,9,11-12H2,1H3,(H,20,21)(H,22,26)/t15-/m1/s1. The fourth-order valence-corrected chi connectivity index (χ4v) is 3.38. The maximum atomic E-state index is 12.5. The number of aromatic amines is 1. The van der Waals surface area contributed by atoms with Crippen molar-refractivity contribution in [1.82, 2.24) is 30.3 Å². The minimum absolute atomic E-state index is 0.124. The number of piperidine rings is 1. The molecule has 1 aliphatic heterocycles. The van der Waals surface area contributed by atoms with E-state index < -0.39 is 0 Å². The molecule has 1 aliphatic rings. The zero-order chi connectivity index (χ0) is 18.6. The summed E-state index contributed by atoms with van der Waals surface area (Å²) in [4.78, 5) is 26.1. The van der Waals surface area contributed by atoms with Gasteiger partial charge in [0.2, 0.25) is 11.7 Å².